The number of likely N-dealkylation sites (tertiary alicyclic amines) is 2. The quantitative estimate of drug-likeness (QED) is 0.0184. The SMILES string of the molecule is CC(=O)O.CC[C@]1(O)C[C@@H]2CN(CCc3c([nH]c4ccccc34)[C@@](C(=O)OC)(c3cc4c(cc3OC)N(C)C3C45CCN4CC=C[C@](CC)(C45)[C@@H](OC(=O)[C@@H]4CCCN4C(=O)[C@@H](CO)NC(=O)[C@H](CO)NC(=O)[C@H](CCC(N)=O)NC(=O)C(NC(=O)[C@H](CO)NC(=O)[C@H](CO)NC(=O)[C@H]4CC(O)CN4C(C)=O)C4CCCCC4)[C@]3(O)C(=O)OC)C2)C1. The Hall–Kier alpha value is -9.93. The molecule has 2 aromatic carbocycles. The summed E-state index contributed by atoms with van der Waals surface area (Å²) in [5.41, 5.74) is 1.42. The van der Waals surface area contributed by atoms with E-state index in [2.05, 4.69) is 46.7 Å². The fourth-order valence-corrected chi connectivity index (χ4v) is 21.2. The van der Waals surface area contributed by atoms with Crippen molar-refractivity contribution in [2.75, 3.05) is 106 Å². The molecule has 8 heterocycles. The first-order chi connectivity index (χ1) is 57.6. The number of esters is 3. The molecule has 9 amide bonds. The van der Waals surface area contributed by atoms with Gasteiger partial charge in [0.2, 0.25) is 58.8 Å². The van der Waals surface area contributed by atoms with Crippen LogP contribution in [0.1, 0.15) is 146 Å². The lowest BCUT2D eigenvalue weighted by Gasteiger charge is -2.63. The number of likely N-dealkylation sites (N-methyl/N-ethyl adjacent to an activating group) is 1. The van der Waals surface area contributed by atoms with Crippen molar-refractivity contribution < 1.29 is 122 Å². The molecule has 3 aromatic rings. The monoisotopic (exact) mass is 1700 g/mol. The average Bonchev–Trinajstić information content (AvgIpc) is 1.48. The van der Waals surface area contributed by atoms with Gasteiger partial charge in [0.1, 0.15) is 59.5 Å². The first kappa shape index (κ1) is 91.8. The highest BCUT2D eigenvalue weighted by molar-refractivity contribution is 6.00. The number of nitrogens with zero attached hydrogens (tertiary/aromatic N) is 5. The van der Waals surface area contributed by atoms with Crippen LogP contribution in [0.3, 0.4) is 0 Å². The summed E-state index contributed by atoms with van der Waals surface area (Å²) in [7, 11) is 5.72. The highest BCUT2D eigenvalue weighted by Gasteiger charge is 2.81. The number of hydrogen-bond acceptors (Lipinski definition) is 27. The fourth-order valence-electron chi connectivity index (χ4n) is 21.2. The molecule has 0 radical (unpaired) electrons. The van der Waals surface area contributed by atoms with Crippen molar-refractivity contribution in [2.45, 2.75) is 225 Å². The maximum absolute atomic E-state index is 15.8. The predicted molar refractivity (Wildman–Crippen MR) is 430 cm³/mol. The Morgan fingerprint density at radius 1 is 0.678 bits per heavy atom. The molecular formula is C83H117N13O25. The van der Waals surface area contributed by atoms with E-state index in [1.165, 1.54) is 21.1 Å². The summed E-state index contributed by atoms with van der Waals surface area (Å²) in [5, 5.41) is 102. The van der Waals surface area contributed by atoms with E-state index in [4.69, 9.17) is 34.6 Å². The molecule has 664 valence electrons. The van der Waals surface area contributed by atoms with Gasteiger partial charge in [0.05, 0.1) is 65.5 Å². The molecule has 6 fully saturated rings. The summed E-state index contributed by atoms with van der Waals surface area (Å²) in [6.45, 7) is 3.92. The second-order valence-corrected chi connectivity index (χ2v) is 33.7. The van der Waals surface area contributed by atoms with E-state index < -0.39 is 222 Å². The van der Waals surface area contributed by atoms with E-state index in [1.54, 1.807) is 11.9 Å². The second-order valence-electron chi connectivity index (χ2n) is 33.7. The number of anilines is 1. The van der Waals surface area contributed by atoms with Gasteiger partial charge in [-0.1, -0.05) is 63.5 Å². The van der Waals surface area contributed by atoms with Crippen LogP contribution in [0.25, 0.3) is 10.9 Å². The maximum Gasteiger partial charge on any atom is 0.344 e. The normalized spacial score (nSPS) is 29.2. The van der Waals surface area contributed by atoms with Crippen LogP contribution in [0.15, 0.2) is 48.6 Å². The molecule has 2 aliphatic carbocycles. The van der Waals surface area contributed by atoms with Gasteiger partial charge in [-0.2, -0.15) is 0 Å². The number of carboxylic acids is 1. The number of aromatic amines is 1. The van der Waals surface area contributed by atoms with Crippen molar-refractivity contribution in [1.29, 1.82) is 0 Å². The number of methoxy groups -OCH3 is 3. The number of aliphatic carboxylic acids is 1. The number of carbonyl (C=O) groups is 13. The Bertz CT molecular complexity index is 4460. The van der Waals surface area contributed by atoms with Gasteiger partial charge in [-0.05, 0) is 112 Å². The number of hydrogen-bond donors (Lipinski definition) is 16. The number of rotatable bonds is 29. The summed E-state index contributed by atoms with van der Waals surface area (Å²) < 4.78 is 24.9. The zero-order valence-electron chi connectivity index (χ0n) is 69.6. The number of amides is 9. The Morgan fingerprint density at radius 3 is 1.91 bits per heavy atom. The zero-order valence-corrected chi connectivity index (χ0v) is 69.6. The number of fused-ring (bicyclic) bond motifs is 6. The van der Waals surface area contributed by atoms with Crippen molar-refractivity contribution in [1.82, 2.24) is 56.5 Å². The summed E-state index contributed by atoms with van der Waals surface area (Å²) in [5.74, 6) is -13.2. The van der Waals surface area contributed by atoms with Gasteiger partial charge in [0.25, 0.3) is 5.97 Å². The number of nitrogens with one attached hydrogen (secondary N) is 7. The molecule has 17 N–H and O–H groups in total. The molecule has 6 unspecified atom stereocenters. The third-order valence-electron chi connectivity index (χ3n) is 26.6. The van der Waals surface area contributed by atoms with Crippen LogP contribution < -0.4 is 47.3 Å². The number of carboxylic acid groups (broad SMARTS) is 1. The highest BCUT2D eigenvalue weighted by Crippen LogP contribution is 2.68. The summed E-state index contributed by atoms with van der Waals surface area (Å²) in [6.07, 6.45) is 4.66. The topological polar surface area (TPSA) is 551 Å². The minimum Gasteiger partial charge on any atom is -0.496 e. The average molecular weight is 1700 g/mol. The molecule has 1 aromatic heterocycles. The molecule has 38 nitrogen and oxygen atoms in total. The van der Waals surface area contributed by atoms with Gasteiger partial charge in [-0.3, -0.25) is 62.5 Å². The number of para-hydroxylation sites is 1. The zero-order chi connectivity index (χ0) is 88.1. The van der Waals surface area contributed by atoms with Gasteiger partial charge in [-0.25, -0.2) is 9.59 Å². The summed E-state index contributed by atoms with van der Waals surface area (Å²) in [6, 6.07) is -3.51. The number of benzene rings is 2. The summed E-state index contributed by atoms with van der Waals surface area (Å²) in [4.78, 5) is 191. The third kappa shape index (κ3) is 17.5. The predicted octanol–water partition coefficient (Wildman–Crippen LogP) is -3.24. The standard InChI is InChI=1S/C81H113N13O23.C2H4O2/c1-8-77(112)34-44-35-80(75(110)115-6,63-48(24-29-91(36-44)42-77)47-19-13-14-20-51(47)83-63)50-32-49-58(33-60(50)114-5)90(4)73-79(49)26-30-92-27-16-25-78(9-2,72(79)92)74(81(73,113)76(111)116-7)117-71(109)57-21-15-28-93(57)70(108)56(41-98)88-66(104)53(38-95)85-64(102)52(22-23-61(82)101)84-69(107)62(45-17-11-10-12-18-45)89-67(105)55(40-97)86-65(103)54(39-96)87-68(106)59-31-46(100)37-94(59)43(3)99;1-2(3)4/h13-14,16,19-20,25,32-33,44-46,52-57,59,62,72-74,83,95-98,100,112-113H,8-12,15,17-18,21-24,26-31,34-42H2,1-7H3,(H2,82,101)(H,84,107)(H,85,102)(H,86,103)(H,87,106)(H,88,104)(H,89,105);1H3,(H,3,4)/t44-,46?,52-,53-,54-,55-,56+,57-,59+,62?,72?,73?,74+,77-,78+,79?,80-,81-;/m0./s1. The number of H-pyrrole nitrogens is 1. The van der Waals surface area contributed by atoms with Gasteiger partial charge in [-0.15, -0.1) is 0 Å². The van der Waals surface area contributed by atoms with Crippen LogP contribution >= 0.6 is 0 Å². The number of piperidine rings is 1. The van der Waals surface area contributed by atoms with Crippen LogP contribution in [0, 0.1) is 17.3 Å². The van der Waals surface area contributed by atoms with Gasteiger partial charge >= 0.3 is 17.9 Å². The van der Waals surface area contributed by atoms with E-state index in [0.717, 1.165) is 46.7 Å². The molecular weight excluding hydrogens is 1580 g/mol. The van der Waals surface area contributed by atoms with E-state index >= 15 is 14.4 Å². The lowest BCUT2D eigenvalue weighted by molar-refractivity contribution is -0.231. The number of β-amino-alcohol motifs (C(OH)–C–C–N with tert-alkyl or cyclic N) is 1. The number of nitrogens with two attached hydrogens (primary N) is 1. The van der Waals surface area contributed by atoms with Gasteiger partial charge < -0.3 is 117 Å². The molecule has 2 saturated carbocycles. The third-order valence-corrected chi connectivity index (χ3v) is 26.6. The van der Waals surface area contributed by atoms with E-state index in [1.807, 2.05) is 62.4 Å². The van der Waals surface area contributed by atoms with Gasteiger partial charge in [0.15, 0.2) is 6.10 Å². The number of carbonyl (C=O) groups excluding carboxylic acids is 12. The van der Waals surface area contributed by atoms with Crippen molar-refractivity contribution in [3.63, 3.8) is 0 Å². The summed E-state index contributed by atoms with van der Waals surface area (Å²) >= 11 is 0. The number of aliphatic hydroxyl groups is 7. The molecule has 7 aliphatic heterocycles. The first-order valence-electron chi connectivity index (χ1n) is 41.6. The molecule has 4 saturated heterocycles. The van der Waals surface area contributed by atoms with Crippen LogP contribution in [-0.4, -0.2) is 327 Å². The lowest BCUT2D eigenvalue weighted by atomic mass is 9.47. The van der Waals surface area contributed by atoms with Crippen molar-refractivity contribution in [2.24, 2.45) is 23.0 Å². The largest absolute Gasteiger partial charge is 0.496 e. The molecule has 19 atom stereocenters. The van der Waals surface area contributed by atoms with Crippen molar-refractivity contribution >= 4 is 93.6 Å². The van der Waals surface area contributed by atoms with Crippen molar-refractivity contribution in [3.05, 3.63) is 70.9 Å². The maximum atomic E-state index is 15.8. The van der Waals surface area contributed by atoms with Crippen LogP contribution in [-0.2, 0) is 93.8 Å². The smallest absolute Gasteiger partial charge is 0.344 e. The van der Waals surface area contributed by atoms with E-state index in [-0.39, 0.29) is 51.1 Å². The van der Waals surface area contributed by atoms with E-state index in [9.17, 15) is 78.9 Å². The molecule has 9 aliphatic rings. The Morgan fingerprint density at radius 2 is 1.30 bits per heavy atom. The number of aromatic nitrogens is 1. The Labute approximate surface area is 699 Å². The number of aliphatic hydroxyl groups excluding tert-OH is 5. The highest BCUT2D eigenvalue weighted by atomic mass is 16.6. The minimum absolute atomic E-state index is 0.0379. The molecule has 121 heavy (non-hydrogen) atoms. The van der Waals surface area contributed by atoms with E-state index in [0.29, 0.717) is 112 Å². The molecule has 1 spiro atoms. The molecule has 38 heteroatoms. The minimum atomic E-state index is -2.74. The van der Waals surface area contributed by atoms with Crippen molar-refractivity contribution in [3.8, 4) is 5.75 Å². The van der Waals surface area contributed by atoms with Crippen LogP contribution in [0.2, 0.25) is 0 Å². The molecule has 2 bridgehead atoms. The Balaban J connectivity index is 0.00000350. The Kier molecular flexibility index (Phi) is 28.7. The lowest BCUT2D eigenvalue weighted by Crippen LogP contribution is -2.81. The second kappa shape index (κ2) is 37.8. The number of ether oxygens (including phenoxy) is 4. The molecule has 12 rings (SSSR count). The van der Waals surface area contributed by atoms with Crippen LogP contribution in [0.5, 0.6) is 5.75 Å². The number of primary amides is 1. The first-order valence-corrected chi connectivity index (χ1v) is 41.6. The fraction of sp³-hybridized carbons (Fsp3) is 0.651. The van der Waals surface area contributed by atoms with Gasteiger partial charge in [0, 0.05) is 124 Å². The van der Waals surface area contributed by atoms with Crippen LogP contribution in [0.4, 0.5) is 5.69 Å².